The van der Waals surface area contributed by atoms with E-state index in [1.54, 1.807) is 13.8 Å². The van der Waals surface area contributed by atoms with E-state index in [2.05, 4.69) is 27.3 Å². The zero-order chi connectivity index (χ0) is 23.4. The molecule has 2 aromatic heterocycles. The van der Waals surface area contributed by atoms with Gasteiger partial charge in [-0.1, -0.05) is 60.3 Å². The number of carbonyl (C=O) groups excluding carboxylic acids is 2. The number of hydrogen-bond acceptors (Lipinski definition) is 6. The SMILES string of the molecule is COC(=O)c1c(C)[nH]c(C(=O)CSc2nnc(Cc3ccccc3)n2-c2ccccc2)c1C. The number of ketones is 1. The number of Topliss-reactive ketones (excluding diaryl/α,β-unsaturated/α-hetero) is 1. The summed E-state index contributed by atoms with van der Waals surface area (Å²) in [7, 11) is 1.33. The summed E-state index contributed by atoms with van der Waals surface area (Å²) in [6.45, 7) is 3.50. The molecule has 2 heterocycles. The summed E-state index contributed by atoms with van der Waals surface area (Å²) in [6.07, 6.45) is 0.620. The summed E-state index contributed by atoms with van der Waals surface area (Å²) in [5.74, 6) is 0.366. The third-order valence-electron chi connectivity index (χ3n) is 5.36. The Labute approximate surface area is 196 Å². The number of H-pyrrole nitrogens is 1. The van der Waals surface area contributed by atoms with Gasteiger partial charge in [-0.15, -0.1) is 10.2 Å². The van der Waals surface area contributed by atoms with Crippen LogP contribution < -0.4 is 0 Å². The van der Waals surface area contributed by atoms with E-state index in [-0.39, 0.29) is 11.5 Å². The first-order valence-electron chi connectivity index (χ1n) is 10.5. The first-order chi connectivity index (χ1) is 16.0. The van der Waals surface area contributed by atoms with E-state index in [0.717, 1.165) is 17.1 Å². The molecule has 4 rings (SSSR count). The summed E-state index contributed by atoms with van der Waals surface area (Å²) in [5, 5.41) is 9.43. The molecule has 0 amide bonds. The van der Waals surface area contributed by atoms with Crippen LogP contribution in [0.5, 0.6) is 0 Å². The van der Waals surface area contributed by atoms with Gasteiger partial charge in [0, 0.05) is 17.8 Å². The van der Waals surface area contributed by atoms with Crippen molar-refractivity contribution in [1.29, 1.82) is 0 Å². The predicted octanol–water partition coefficient (Wildman–Crippen LogP) is 4.56. The number of nitrogens with zero attached hydrogens (tertiary/aromatic N) is 3. The van der Waals surface area contributed by atoms with Gasteiger partial charge in [0.05, 0.1) is 24.1 Å². The standard InChI is InChI=1S/C25H24N4O3S/c1-16-22(24(31)32-3)17(2)26-23(16)20(30)15-33-25-28-27-21(14-18-10-6-4-7-11-18)29(25)19-12-8-5-9-13-19/h4-13,26H,14-15H2,1-3H3. The van der Waals surface area contributed by atoms with E-state index < -0.39 is 5.97 Å². The maximum Gasteiger partial charge on any atom is 0.339 e. The molecule has 0 atom stereocenters. The summed E-state index contributed by atoms with van der Waals surface area (Å²) in [5.41, 5.74) is 4.09. The molecule has 8 heteroatoms. The topological polar surface area (TPSA) is 89.9 Å². The predicted molar refractivity (Wildman–Crippen MR) is 127 cm³/mol. The van der Waals surface area contributed by atoms with E-state index in [1.165, 1.54) is 18.9 Å². The highest BCUT2D eigenvalue weighted by Gasteiger charge is 2.23. The summed E-state index contributed by atoms with van der Waals surface area (Å²) < 4.78 is 6.82. The smallest absolute Gasteiger partial charge is 0.339 e. The molecule has 0 aliphatic carbocycles. The fourth-order valence-electron chi connectivity index (χ4n) is 3.76. The number of rotatable bonds is 8. The molecule has 2 aromatic carbocycles. The molecule has 0 saturated carbocycles. The van der Waals surface area contributed by atoms with Gasteiger partial charge in [0.25, 0.3) is 0 Å². The maximum atomic E-state index is 13.0. The first-order valence-corrected chi connectivity index (χ1v) is 11.4. The Balaban J connectivity index is 1.60. The van der Waals surface area contributed by atoms with Crippen molar-refractivity contribution in [3.8, 4) is 5.69 Å². The van der Waals surface area contributed by atoms with Gasteiger partial charge in [-0.2, -0.15) is 0 Å². The van der Waals surface area contributed by atoms with Gasteiger partial charge < -0.3 is 9.72 Å². The van der Waals surface area contributed by atoms with Gasteiger partial charge in [0.15, 0.2) is 10.9 Å². The van der Waals surface area contributed by atoms with Gasteiger partial charge >= 0.3 is 5.97 Å². The maximum absolute atomic E-state index is 13.0. The fraction of sp³-hybridized carbons (Fsp3) is 0.200. The number of nitrogens with one attached hydrogen (secondary N) is 1. The number of thioether (sulfide) groups is 1. The second-order valence-electron chi connectivity index (χ2n) is 7.56. The second-order valence-corrected chi connectivity index (χ2v) is 8.50. The van der Waals surface area contributed by atoms with Crippen molar-refractivity contribution < 1.29 is 14.3 Å². The Hall–Kier alpha value is -3.65. The van der Waals surface area contributed by atoms with E-state index >= 15 is 0 Å². The molecule has 168 valence electrons. The molecule has 33 heavy (non-hydrogen) atoms. The second kappa shape index (κ2) is 9.87. The molecule has 7 nitrogen and oxygen atoms in total. The van der Waals surface area contributed by atoms with Crippen molar-refractivity contribution in [2.75, 3.05) is 12.9 Å². The molecule has 0 bridgehead atoms. The number of methoxy groups -OCH3 is 1. The summed E-state index contributed by atoms with van der Waals surface area (Å²) in [4.78, 5) is 28.1. The lowest BCUT2D eigenvalue weighted by molar-refractivity contribution is 0.0599. The Bertz CT molecular complexity index is 1280. The van der Waals surface area contributed by atoms with Crippen molar-refractivity contribution in [3.05, 3.63) is 94.6 Å². The van der Waals surface area contributed by atoms with Crippen molar-refractivity contribution in [3.63, 3.8) is 0 Å². The van der Waals surface area contributed by atoms with Crippen LogP contribution >= 0.6 is 11.8 Å². The van der Waals surface area contributed by atoms with E-state index in [1.807, 2.05) is 53.1 Å². The zero-order valence-electron chi connectivity index (χ0n) is 18.7. The number of carbonyl (C=O) groups is 2. The minimum absolute atomic E-state index is 0.122. The summed E-state index contributed by atoms with van der Waals surface area (Å²) in [6, 6.07) is 19.9. The summed E-state index contributed by atoms with van der Waals surface area (Å²) >= 11 is 1.32. The number of aromatic amines is 1. The molecule has 4 aromatic rings. The van der Waals surface area contributed by atoms with Gasteiger partial charge in [0.1, 0.15) is 5.82 Å². The van der Waals surface area contributed by atoms with E-state index in [9.17, 15) is 9.59 Å². The number of benzene rings is 2. The quantitative estimate of drug-likeness (QED) is 0.235. The highest BCUT2D eigenvalue weighted by Crippen LogP contribution is 2.26. The molecule has 0 radical (unpaired) electrons. The Kier molecular flexibility index (Phi) is 6.74. The van der Waals surface area contributed by atoms with Crippen LogP contribution in [0.4, 0.5) is 0 Å². The van der Waals surface area contributed by atoms with Crippen molar-refractivity contribution in [1.82, 2.24) is 19.7 Å². The first kappa shape index (κ1) is 22.5. The number of para-hydroxylation sites is 1. The minimum atomic E-state index is -0.456. The van der Waals surface area contributed by atoms with Gasteiger partial charge in [-0.3, -0.25) is 9.36 Å². The van der Waals surface area contributed by atoms with Gasteiger partial charge in [-0.05, 0) is 37.1 Å². The van der Waals surface area contributed by atoms with Crippen LogP contribution in [0.2, 0.25) is 0 Å². The van der Waals surface area contributed by atoms with Crippen molar-refractivity contribution in [2.45, 2.75) is 25.4 Å². The van der Waals surface area contributed by atoms with E-state index in [4.69, 9.17) is 4.74 Å². The lowest BCUT2D eigenvalue weighted by Gasteiger charge is -2.10. The molecule has 0 fully saturated rings. The monoisotopic (exact) mass is 460 g/mol. The van der Waals surface area contributed by atoms with Gasteiger partial charge in [-0.25, -0.2) is 4.79 Å². The minimum Gasteiger partial charge on any atom is -0.465 e. The highest BCUT2D eigenvalue weighted by atomic mass is 32.2. The van der Waals surface area contributed by atoms with Crippen LogP contribution in [0.25, 0.3) is 5.69 Å². The van der Waals surface area contributed by atoms with Gasteiger partial charge in [0.2, 0.25) is 0 Å². The number of aromatic nitrogens is 4. The molecular formula is C25H24N4O3S. The number of aryl methyl sites for hydroxylation is 1. The van der Waals surface area contributed by atoms with Crippen molar-refractivity contribution in [2.24, 2.45) is 0 Å². The lowest BCUT2D eigenvalue weighted by Crippen LogP contribution is -2.08. The number of hydrogen-bond donors (Lipinski definition) is 1. The Morgan fingerprint density at radius 3 is 2.33 bits per heavy atom. The third kappa shape index (κ3) is 4.75. The number of esters is 1. The molecule has 0 unspecified atom stereocenters. The molecule has 0 aliphatic rings. The van der Waals surface area contributed by atoms with Crippen LogP contribution in [0.3, 0.4) is 0 Å². The lowest BCUT2D eigenvalue weighted by atomic mass is 10.1. The Morgan fingerprint density at radius 1 is 1.00 bits per heavy atom. The van der Waals surface area contributed by atoms with Crippen LogP contribution in [-0.4, -0.2) is 44.4 Å². The Morgan fingerprint density at radius 2 is 1.67 bits per heavy atom. The highest BCUT2D eigenvalue weighted by molar-refractivity contribution is 7.99. The third-order valence-corrected chi connectivity index (χ3v) is 6.29. The molecule has 0 aliphatic heterocycles. The average Bonchev–Trinajstić information content (AvgIpc) is 3.37. The van der Waals surface area contributed by atoms with E-state index in [0.29, 0.717) is 34.1 Å². The molecule has 0 spiro atoms. The zero-order valence-corrected chi connectivity index (χ0v) is 19.5. The van der Waals surface area contributed by atoms with Crippen LogP contribution in [0.1, 0.15) is 43.5 Å². The number of ether oxygens (including phenoxy) is 1. The van der Waals surface area contributed by atoms with Crippen molar-refractivity contribution >= 4 is 23.5 Å². The largest absolute Gasteiger partial charge is 0.465 e. The van der Waals surface area contributed by atoms with Crippen LogP contribution in [0.15, 0.2) is 65.8 Å². The molecule has 0 saturated heterocycles. The van der Waals surface area contributed by atoms with Crippen LogP contribution in [-0.2, 0) is 11.2 Å². The molecule has 1 N–H and O–H groups in total. The molecular weight excluding hydrogens is 436 g/mol. The normalized spacial score (nSPS) is 10.9. The fourth-order valence-corrected chi connectivity index (χ4v) is 4.61. The van der Waals surface area contributed by atoms with Crippen LogP contribution in [0, 0.1) is 13.8 Å². The average molecular weight is 461 g/mol.